The molecule has 7 N–H and O–H groups in total. The average molecular weight is 185 g/mol. The van der Waals surface area contributed by atoms with Gasteiger partial charge in [-0.15, -0.1) is 0 Å². The number of rotatable bonds is 2. The first-order valence-electron chi connectivity index (χ1n) is 2.59. The van der Waals surface area contributed by atoms with Gasteiger partial charge in [0.25, 0.3) is 0 Å². The van der Waals surface area contributed by atoms with Crippen LogP contribution >= 0.6 is 7.82 Å². The molecule has 0 aliphatic rings. The third-order valence-electron chi connectivity index (χ3n) is 0.297. The standard InChI is InChI=1S/C2H7O4P.CH5N3/c1-2-6-7(3,4)5;2-1(3)4/h2H2,1H3,(H2,3,4,5);(H5,2,3,4). The summed E-state index contributed by atoms with van der Waals surface area (Å²) in [5.74, 6) is -0.333. The van der Waals surface area contributed by atoms with Crippen LogP contribution in [0.3, 0.4) is 0 Å². The molecular formula is C3H12N3O4P. The topological polar surface area (TPSA) is 143 Å². The highest BCUT2D eigenvalue weighted by Crippen LogP contribution is 2.34. The molecule has 0 aliphatic carbocycles. The Morgan fingerprint density at radius 2 is 1.91 bits per heavy atom. The molecule has 0 rings (SSSR count). The van der Waals surface area contributed by atoms with Crippen LogP contribution in [0.25, 0.3) is 0 Å². The summed E-state index contributed by atoms with van der Waals surface area (Å²) in [6.07, 6.45) is 0. The Balaban J connectivity index is 0. The maximum absolute atomic E-state index is 9.70. The predicted molar refractivity (Wildman–Crippen MR) is 39.8 cm³/mol. The summed E-state index contributed by atoms with van der Waals surface area (Å²) in [5.41, 5.74) is 8.94. The molecule has 0 radical (unpaired) electrons. The zero-order valence-electron chi connectivity index (χ0n) is 6.02. The van der Waals surface area contributed by atoms with Gasteiger partial charge < -0.3 is 21.3 Å². The number of phosphoric acid groups is 1. The van der Waals surface area contributed by atoms with Gasteiger partial charge in [0.15, 0.2) is 5.96 Å². The molecule has 0 heterocycles. The Morgan fingerprint density at radius 1 is 1.64 bits per heavy atom. The average Bonchev–Trinajstić information content (AvgIpc) is 1.58. The Labute approximate surface area is 64.1 Å². The second-order valence-corrected chi connectivity index (χ2v) is 2.60. The van der Waals surface area contributed by atoms with Crippen molar-refractivity contribution in [2.75, 3.05) is 6.61 Å². The lowest BCUT2D eigenvalue weighted by Crippen LogP contribution is -2.20. The molecule has 0 aromatic carbocycles. The van der Waals surface area contributed by atoms with Gasteiger partial charge in [-0.05, 0) is 6.92 Å². The van der Waals surface area contributed by atoms with E-state index in [1.165, 1.54) is 6.92 Å². The number of guanidine groups is 1. The Bertz CT molecular complexity index is 151. The van der Waals surface area contributed by atoms with E-state index in [1.807, 2.05) is 0 Å². The highest BCUT2D eigenvalue weighted by Gasteiger charge is 2.10. The van der Waals surface area contributed by atoms with E-state index in [0.29, 0.717) is 0 Å². The first-order valence-corrected chi connectivity index (χ1v) is 4.12. The molecule has 0 amide bonds. The lowest BCUT2D eigenvalue weighted by atomic mass is 10.9. The minimum absolute atomic E-state index is 0.0459. The third kappa shape index (κ3) is 44.7. The van der Waals surface area contributed by atoms with Gasteiger partial charge in [0, 0.05) is 0 Å². The SMILES string of the molecule is CCOP(=O)(O)O.N=C(N)N. The van der Waals surface area contributed by atoms with Crippen LogP contribution in [0.15, 0.2) is 0 Å². The molecule has 0 aromatic heterocycles. The van der Waals surface area contributed by atoms with Crippen LogP contribution in [0.1, 0.15) is 6.92 Å². The predicted octanol–water partition coefficient (Wildman–Crippen LogP) is -1.05. The summed E-state index contributed by atoms with van der Waals surface area (Å²) >= 11 is 0. The molecule has 0 saturated carbocycles. The highest BCUT2D eigenvalue weighted by atomic mass is 31.2. The number of hydrogen-bond donors (Lipinski definition) is 5. The normalized spacial score (nSPS) is 9.73. The van der Waals surface area contributed by atoms with E-state index in [1.54, 1.807) is 0 Å². The quantitative estimate of drug-likeness (QED) is 0.211. The smallest absolute Gasteiger partial charge is 0.370 e. The molecule has 0 saturated heterocycles. The van der Waals surface area contributed by atoms with E-state index in [0.717, 1.165) is 0 Å². The van der Waals surface area contributed by atoms with Crippen molar-refractivity contribution in [1.82, 2.24) is 0 Å². The maximum atomic E-state index is 9.70. The molecule has 68 valence electrons. The third-order valence-corrected chi connectivity index (χ3v) is 0.892. The zero-order valence-corrected chi connectivity index (χ0v) is 6.91. The van der Waals surface area contributed by atoms with Crippen molar-refractivity contribution >= 4 is 13.8 Å². The van der Waals surface area contributed by atoms with E-state index in [-0.39, 0.29) is 12.6 Å². The van der Waals surface area contributed by atoms with Crippen molar-refractivity contribution < 1.29 is 18.9 Å². The first-order chi connectivity index (χ1) is 4.79. The van der Waals surface area contributed by atoms with Crippen molar-refractivity contribution in [3.8, 4) is 0 Å². The van der Waals surface area contributed by atoms with Crippen molar-refractivity contribution in [3.63, 3.8) is 0 Å². The van der Waals surface area contributed by atoms with Crippen LogP contribution in [0.5, 0.6) is 0 Å². The van der Waals surface area contributed by atoms with E-state index in [2.05, 4.69) is 16.0 Å². The van der Waals surface area contributed by atoms with Crippen LogP contribution in [-0.4, -0.2) is 22.4 Å². The monoisotopic (exact) mass is 185 g/mol. The molecule has 0 aliphatic heterocycles. The van der Waals surface area contributed by atoms with E-state index in [9.17, 15) is 4.57 Å². The van der Waals surface area contributed by atoms with Gasteiger partial charge in [0.2, 0.25) is 0 Å². The summed E-state index contributed by atoms with van der Waals surface area (Å²) < 4.78 is 13.6. The van der Waals surface area contributed by atoms with E-state index >= 15 is 0 Å². The maximum Gasteiger partial charge on any atom is 0.469 e. The van der Waals surface area contributed by atoms with E-state index < -0.39 is 7.82 Å². The molecule has 7 nitrogen and oxygen atoms in total. The second kappa shape index (κ2) is 6.11. The number of nitrogens with two attached hydrogens (primary N) is 2. The summed E-state index contributed by atoms with van der Waals surface area (Å²) in [6.45, 7) is 1.56. The summed E-state index contributed by atoms with van der Waals surface area (Å²) in [4.78, 5) is 15.8. The van der Waals surface area contributed by atoms with Gasteiger partial charge in [-0.1, -0.05) is 0 Å². The number of phosphoric ester groups is 1. The van der Waals surface area contributed by atoms with Gasteiger partial charge in [-0.3, -0.25) is 9.93 Å². The number of nitrogens with one attached hydrogen (secondary N) is 1. The van der Waals surface area contributed by atoms with Gasteiger partial charge in [-0.25, -0.2) is 4.57 Å². The van der Waals surface area contributed by atoms with Crippen molar-refractivity contribution in [1.29, 1.82) is 5.41 Å². The van der Waals surface area contributed by atoms with Crippen LogP contribution in [-0.2, 0) is 9.09 Å². The molecule has 0 spiro atoms. The Hall–Kier alpha value is -0.620. The van der Waals surface area contributed by atoms with Crippen molar-refractivity contribution in [3.05, 3.63) is 0 Å². The van der Waals surface area contributed by atoms with Crippen LogP contribution in [0, 0.1) is 5.41 Å². The highest BCUT2D eigenvalue weighted by molar-refractivity contribution is 7.46. The van der Waals surface area contributed by atoms with Crippen LogP contribution < -0.4 is 11.5 Å². The van der Waals surface area contributed by atoms with Crippen molar-refractivity contribution in [2.24, 2.45) is 11.5 Å². The fourth-order valence-corrected chi connectivity index (χ4v) is 0.505. The van der Waals surface area contributed by atoms with Crippen LogP contribution in [0.2, 0.25) is 0 Å². The number of hydrogen-bond acceptors (Lipinski definition) is 3. The minimum atomic E-state index is -4.17. The molecular weight excluding hydrogens is 173 g/mol. The molecule has 0 unspecified atom stereocenters. The second-order valence-electron chi connectivity index (χ2n) is 1.36. The Morgan fingerprint density at radius 3 is 1.91 bits per heavy atom. The van der Waals surface area contributed by atoms with Crippen LogP contribution in [0.4, 0.5) is 0 Å². The fourth-order valence-electron chi connectivity index (χ4n) is 0.168. The largest absolute Gasteiger partial charge is 0.469 e. The summed E-state index contributed by atoms with van der Waals surface area (Å²) in [6, 6.07) is 0. The summed E-state index contributed by atoms with van der Waals surface area (Å²) in [7, 11) is -4.17. The molecule has 11 heavy (non-hydrogen) atoms. The lowest BCUT2D eigenvalue weighted by Gasteiger charge is -1.98. The fraction of sp³-hybridized carbons (Fsp3) is 0.667. The van der Waals surface area contributed by atoms with Gasteiger partial charge in [0.05, 0.1) is 6.61 Å². The molecule has 0 bridgehead atoms. The lowest BCUT2D eigenvalue weighted by molar-refractivity contribution is 0.206. The molecule has 0 fully saturated rings. The van der Waals surface area contributed by atoms with Crippen molar-refractivity contribution in [2.45, 2.75) is 6.92 Å². The zero-order chi connectivity index (χ0) is 9.49. The van der Waals surface area contributed by atoms with Gasteiger partial charge in [-0.2, -0.15) is 0 Å². The Kier molecular flexibility index (Phi) is 7.23. The van der Waals surface area contributed by atoms with E-state index in [4.69, 9.17) is 15.2 Å². The van der Waals surface area contributed by atoms with Gasteiger partial charge >= 0.3 is 7.82 Å². The van der Waals surface area contributed by atoms with Gasteiger partial charge in [0.1, 0.15) is 0 Å². The molecule has 0 aromatic rings. The molecule has 8 heteroatoms. The summed E-state index contributed by atoms with van der Waals surface area (Å²) in [5, 5.41) is 6.06. The first kappa shape index (κ1) is 13.0. The minimum Gasteiger partial charge on any atom is -0.370 e. The molecule has 0 atom stereocenters.